The van der Waals surface area contributed by atoms with E-state index in [4.69, 9.17) is 23.7 Å². The maximum absolute atomic E-state index is 11.7. The fourth-order valence-electron chi connectivity index (χ4n) is 3.08. The Labute approximate surface area is 157 Å². The SMILES string of the molecule is COc1ccc([C@H]2O[C@@H](C)[C@H](OC(C)=O)[C@@H](OC(C)=O)[C@H]2OC(C)=O)cc1. The van der Waals surface area contributed by atoms with Crippen molar-refractivity contribution in [3.63, 3.8) is 0 Å². The highest BCUT2D eigenvalue weighted by Gasteiger charge is 2.50. The quantitative estimate of drug-likeness (QED) is 0.565. The Balaban J connectivity index is 2.43. The van der Waals surface area contributed by atoms with E-state index in [1.54, 1.807) is 38.3 Å². The number of esters is 3. The minimum atomic E-state index is -1.01. The number of benzene rings is 1. The number of ether oxygens (including phenoxy) is 5. The van der Waals surface area contributed by atoms with Crippen LogP contribution in [0.2, 0.25) is 0 Å². The topological polar surface area (TPSA) is 97.4 Å². The molecule has 0 N–H and O–H groups in total. The second-order valence-electron chi connectivity index (χ2n) is 6.26. The Bertz CT molecular complexity index is 683. The maximum Gasteiger partial charge on any atom is 0.303 e. The first kappa shape index (κ1) is 20.7. The van der Waals surface area contributed by atoms with Crippen molar-refractivity contribution >= 4 is 17.9 Å². The van der Waals surface area contributed by atoms with E-state index in [1.165, 1.54) is 20.8 Å². The van der Waals surface area contributed by atoms with Crippen molar-refractivity contribution in [2.75, 3.05) is 7.11 Å². The monoisotopic (exact) mass is 380 g/mol. The number of hydrogen-bond acceptors (Lipinski definition) is 8. The predicted octanol–water partition coefficient (Wildman–Crippen LogP) is 1.95. The lowest BCUT2D eigenvalue weighted by molar-refractivity contribution is -0.245. The van der Waals surface area contributed by atoms with E-state index in [-0.39, 0.29) is 0 Å². The van der Waals surface area contributed by atoms with Gasteiger partial charge in [-0.25, -0.2) is 0 Å². The Morgan fingerprint density at radius 3 is 1.78 bits per heavy atom. The first-order valence-electron chi connectivity index (χ1n) is 8.54. The highest BCUT2D eigenvalue weighted by Crippen LogP contribution is 2.37. The van der Waals surface area contributed by atoms with Crippen LogP contribution < -0.4 is 4.74 Å². The zero-order valence-electron chi connectivity index (χ0n) is 16.0. The lowest BCUT2D eigenvalue weighted by Gasteiger charge is -2.44. The zero-order chi connectivity index (χ0) is 20.1. The van der Waals surface area contributed by atoms with Crippen LogP contribution in [0, 0.1) is 0 Å². The Kier molecular flexibility index (Phi) is 6.79. The summed E-state index contributed by atoms with van der Waals surface area (Å²) in [5, 5.41) is 0. The summed E-state index contributed by atoms with van der Waals surface area (Å²) in [6.45, 7) is 5.42. The number of carbonyl (C=O) groups excluding carboxylic acids is 3. The van der Waals surface area contributed by atoms with Gasteiger partial charge >= 0.3 is 17.9 Å². The van der Waals surface area contributed by atoms with E-state index >= 15 is 0 Å². The van der Waals surface area contributed by atoms with Crippen LogP contribution in [0.25, 0.3) is 0 Å². The van der Waals surface area contributed by atoms with E-state index in [9.17, 15) is 14.4 Å². The highest BCUT2D eigenvalue weighted by atomic mass is 16.6. The van der Waals surface area contributed by atoms with Gasteiger partial charge in [-0.05, 0) is 24.6 Å². The highest BCUT2D eigenvalue weighted by molar-refractivity contribution is 5.68. The largest absolute Gasteiger partial charge is 0.497 e. The molecule has 1 aliphatic rings. The molecule has 0 unspecified atom stereocenters. The van der Waals surface area contributed by atoms with Crippen LogP contribution in [0.15, 0.2) is 24.3 Å². The molecule has 0 bridgehead atoms. The van der Waals surface area contributed by atoms with E-state index < -0.39 is 48.4 Å². The first-order valence-corrected chi connectivity index (χ1v) is 8.54. The summed E-state index contributed by atoms with van der Waals surface area (Å²) >= 11 is 0. The number of rotatable bonds is 5. The van der Waals surface area contributed by atoms with E-state index in [0.29, 0.717) is 11.3 Å². The standard InChI is InChI=1S/C19H24O8/c1-10-16(25-11(2)20)18(26-12(3)21)19(27-13(4)22)17(24-10)14-6-8-15(23-5)9-7-14/h6-10,16-19H,1-5H3/t10-,16-,17+,18+,19-/m0/s1. The maximum atomic E-state index is 11.7. The third kappa shape index (κ3) is 5.19. The lowest BCUT2D eigenvalue weighted by Crippen LogP contribution is -2.57. The van der Waals surface area contributed by atoms with E-state index in [0.717, 1.165) is 0 Å². The molecule has 0 spiro atoms. The van der Waals surface area contributed by atoms with Gasteiger partial charge in [0.25, 0.3) is 0 Å². The molecule has 0 radical (unpaired) electrons. The summed E-state index contributed by atoms with van der Waals surface area (Å²) in [7, 11) is 1.55. The van der Waals surface area contributed by atoms with Crippen LogP contribution in [-0.2, 0) is 33.3 Å². The van der Waals surface area contributed by atoms with Gasteiger partial charge in [-0.15, -0.1) is 0 Å². The third-order valence-corrected chi connectivity index (χ3v) is 4.12. The van der Waals surface area contributed by atoms with E-state index in [1.807, 2.05) is 0 Å². The van der Waals surface area contributed by atoms with Crippen LogP contribution in [0.5, 0.6) is 5.75 Å². The molecule has 27 heavy (non-hydrogen) atoms. The summed E-state index contributed by atoms with van der Waals surface area (Å²) in [5.74, 6) is -1.06. The van der Waals surface area contributed by atoms with Crippen molar-refractivity contribution in [3.05, 3.63) is 29.8 Å². The van der Waals surface area contributed by atoms with Crippen LogP contribution in [0.1, 0.15) is 39.4 Å². The third-order valence-electron chi connectivity index (χ3n) is 4.12. The minimum Gasteiger partial charge on any atom is -0.497 e. The fraction of sp³-hybridized carbons (Fsp3) is 0.526. The molecule has 8 nitrogen and oxygen atoms in total. The summed E-state index contributed by atoms with van der Waals surface area (Å²) < 4.78 is 27.3. The van der Waals surface area contributed by atoms with Crippen LogP contribution in [0.4, 0.5) is 0 Å². The molecular weight excluding hydrogens is 356 g/mol. The molecule has 1 heterocycles. The average Bonchev–Trinajstić information content (AvgIpc) is 2.59. The summed E-state index contributed by atoms with van der Waals surface area (Å²) in [6.07, 6.45) is -4.22. The van der Waals surface area contributed by atoms with Crippen molar-refractivity contribution in [2.45, 2.75) is 58.2 Å². The van der Waals surface area contributed by atoms with Crippen molar-refractivity contribution in [3.8, 4) is 5.75 Å². The van der Waals surface area contributed by atoms with Gasteiger partial charge in [0, 0.05) is 20.8 Å². The first-order chi connectivity index (χ1) is 12.7. The molecule has 0 amide bonds. The zero-order valence-corrected chi connectivity index (χ0v) is 16.0. The molecule has 8 heteroatoms. The molecule has 0 aliphatic carbocycles. The van der Waals surface area contributed by atoms with Gasteiger partial charge in [-0.2, -0.15) is 0 Å². The molecule has 1 aromatic rings. The fourth-order valence-corrected chi connectivity index (χ4v) is 3.08. The van der Waals surface area contributed by atoms with Gasteiger partial charge in [0.05, 0.1) is 13.2 Å². The Morgan fingerprint density at radius 2 is 1.30 bits per heavy atom. The predicted molar refractivity (Wildman–Crippen MR) is 92.9 cm³/mol. The summed E-state index contributed by atoms with van der Waals surface area (Å²) in [4.78, 5) is 34.8. The lowest BCUT2D eigenvalue weighted by atomic mass is 9.91. The smallest absolute Gasteiger partial charge is 0.303 e. The summed E-state index contributed by atoms with van der Waals surface area (Å²) in [5.41, 5.74) is 0.701. The van der Waals surface area contributed by atoms with Crippen molar-refractivity contribution < 1.29 is 38.1 Å². The second-order valence-corrected chi connectivity index (χ2v) is 6.26. The van der Waals surface area contributed by atoms with Crippen molar-refractivity contribution in [1.29, 1.82) is 0 Å². The Morgan fingerprint density at radius 1 is 0.815 bits per heavy atom. The van der Waals surface area contributed by atoms with Gasteiger partial charge in [-0.3, -0.25) is 14.4 Å². The number of methoxy groups -OCH3 is 1. The Hall–Kier alpha value is -2.61. The van der Waals surface area contributed by atoms with Crippen LogP contribution >= 0.6 is 0 Å². The van der Waals surface area contributed by atoms with Crippen molar-refractivity contribution in [1.82, 2.24) is 0 Å². The molecule has 2 rings (SSSR count). The normalized spacial score (nSPS) is 27.4. The molecule has 0 aromatic heterocycles. The molecular formula is C19H24O8. The molecule has 1 aliphatic heterocycles. The van der Waals surface area contributed by atoms with Gasteiger partial charge in [-0.1, -0.05) is 12.1 Å². The molecule has 148 valence electrons. The summed E-state index contributed by atoms with van der Waals surface area (Å²) in [6, 6.07) is 7.02. The molecule has 1 saturated heterocycles. The van der Waals surface area contributed by atoms with Crippen LogP contribution in [0.3, 0.4) is 0 Å². The van der Waals surface area contributed by atoms with E-state index in [2.05, 4.69) is 0 Å². The van der Waals surface area contributed by atoms with Gasteiger partial charge in [0.1, 0.15) is 11.9 Å². The number of hydrogen-bond donors (Lipinski definition) is 0. The molecule has 1 aromatic carbocycles. The van der Waals surface area contributed by atoms with Gasteiger partial charge in [0.2, 0.25) is 0 Å². The molecule has 1 fully saturated rings. The second kappa shape index (κ2) is 8.85. The number of carbonyl (C=O) groups is 3. The van der Waals surface area contributed by atoms with Gasteiger partial charge in [0.15, 0.2) is 18.3 Å². The van der Waals surface area contributed by atoms with Crippen molar-refractivity contribution in [2.24, 2.45) is 0 Å². The molecule has 0 saturated carbocycles. The molecule has 5 atom stereocenters. The van der Waals surface area contributed by atoms with Crippen LogP contribution in [-0.4, -0.2) is 49.4 Å². The van der Waals surface area contributed by atoms with Gasteiger partial charge < -0.3 is 23.7 Å². The minimum absolute atomic E-state index is 0.558. The average molecular weight is 380 g/mol.